The molecule has 2 atom stereocenters. The maximum atomic E-state index is 13.5. The average Bonchev–Trinajstić information content (AvgIpc) is 2.84. The average molecular weight is 370 g/mol. The standard InChI is InChI=1S/C16H26ClF2NO4/c1-5-23-13(21)16(8-6-10-17)9-7-11(12(18)19)20(16)14(22)24-15(2,3)4/h11-12H,5-10H2,1-4H3. The van der Waals surface area contributed by atoms with Crippen molar-refractivity contribution in [1.82, 2.24) is 4.90 Å². The SMILES string of the molecule is CCOC(=O)C1(CCCCl)CCC(C(F)F)N1C(=O)OC(C)(C)C. The van der Waals surface area contributed by atoms with Crippen molar-refractivity contribution < 1.29 is 27.8 Å². The summed E-state index contributed by atoms with van der Waals surface area (Å²) in [6.07, 6.45) is -3.01. The van der Waals surface area contributed by atoms with Crippen LogP contribution in [-0.2, 0) is 14.3 Å². The molecule has 0 aromatic carbocycles. The van der Waals surface area contributed by atoms with Gasteiger partial charge < -0.3 is 9.47 Å². The summed E-state index contributed by atoms with van der Waals surface area (Å²) in [7, 11) is 0. The Morgan fingerprint density at radius 3 is 2.46 bits per heavy atom. The third kappa shape index (κ3) is 4.71. The van der Waals surface area contributed by atoms with Crippen LogP contribution in [0.3, 0.4) is 0 Å². The van der Waals surface area contributed by atoms with E-state index in [1.807, 2.05) is 0 Å². The normalized spacial score (nSPS) is 24.3. The first-order chi connectivity index (χ1) is 11.1. The highest BCUT2D eigenvalue weighted by Gasteiger charge is 2.57. The Morgan fingerprint density at radius 1 is 1.38 bits per heavy atom. The molecule has 0 bridgehead atoms. The zero-order valence-corrected chi connectivity index (χ0v) is 15.4. The molecule has 1 rings (SSSR count). The Bertz CT molecular complexity index is 456. The number of hydrogen-bond acceptors (Lipinski definition) is 4. The summed E-state index contributed by atoms with van der Waals surface area (Å²) in [5.41, 5.74) is -2.31. The fraction of sp³-hybridized carbons (Fsp3) is 0.875. The Kier molecular flexibility index (Phi) is 7.25. The molecule has 5 nitrogen and oxygen atoms in total. The first-order valence-corrected chi connectivity index (χ1v) is 8.66. The summed E-state index contributed by atoms with van der Waals surface area (Å²) < 4.78 is 37.3. The van der Waals surface area contributed by atoms with E-state index in [-0.39, 0.29) is 31.7 Å². The van der Waals surface area contributed by atoms with Gasteiger partial charge in [-0.05, 0) is 53.4 Å². The summed E-state index contributed by atoms with van der Waals surface area (Å²) in [6.45, 7) is 6.66. The Labute approximate surface area is 146 Å². The molecule has 24 heavy (non-hydrogen) atoms. The maximum Gasteiger partial charge on any atom is 0.411 e. The molecule has 0 N–H and O–H groups in total. The van der Waals surface area contributed by atoms with Crippen LogP contribution in [0.1, 0.15) is 53.4 Å². The van der Waals surface area contributed by atoms with Crippen molar-refractivity contribution in [3.05, 3.63) is 0 Å². The van der Waals surface area contributed by atoms with Crippen molar-refractivity contribution in [1.29, 1.82) is 0 Å². The fourth-order valence-electron chi connectivity index (χ4n) is 2.99. The summed E-state index contributed by atoms with van der Waals surface area (Å²) in [5.74, 6) is -0.424. The van der Waals surface area contributed by atoms with Gasteiger partial charge in [-0.3, -0.25) is 4.90 Å². The maximum absolute atomic E-state index is 13.5. The van der Waals surface area contributed by atoms with Gasteiger partial charge in [0.15, 0.2) is 0 Å². The first kappa shape index (κ1) is 20.9. The van der Waals surface area contributed by atoms with Crippen molar-refractivity contribution in [3.63, 3.8) is 0 Å². The van der Waals surface area contributed by atoms with Crippen LogP contribution >= 0.6 is 11.6 Å². The summed E-state index contributed by atoms with van der Waals surface area (Å²) in [6, 6.07) is -1.38. The molecule has 0 aliphatic carbocycles. The Balaban J connectivity index is 3.25. The molecule has 1 aliphatic heterocycles. The van der Waals surface area contributed by atoms with Crippen molar-refractivity contribution in [2.75, 3.05) is 12.5 Å². The molecular weight excluding hydrogens is 344 g/mol. The lowest BCUT2D eigenvalue weighted by Crippen LogP contribution is -2.58. The molecule has 1 fully saturated rings. The van der Waals surface area contributed by atoms with Crippen LogP contribution in [-0.4, -0.2) is 53.1 Å². The van der Waals surface area contributed by atoms with E-state index in [9.17, 15) is 18.4 Å². The number of hydrogen-bond donors (Lipinski definition) is 0. The number of ether oxygens (including phenoxy) is 2. The second kappa shape index (κ2) is 8.32. The van der Waals surface area contributed by atoms with E-state index in [0.717, 1.165) is 4.90 Å². The van der Waals surface area contributed by atoms with Gasteiger partial charge in [0, 0.05) is 5.88 Å². The fourth-order valence-corrected chi connectivity index (χ4v) is 3.12. The number of amides is 1. The molecule has 1 amide bonds. The van der Waals surface area contributed by atoms with E-state index in [0.29, 0.717) is 6.42 Å². The zero-order chi connectivity index (χ0) is 18.5. The van der Waals surface area contributed by atoms with Crippen molar-refractivity contribution in [3.8, 4) is 0 Å². The molecule has 0 spiro atoms. The van der Waals surface area contributed by atoms with Gasteiger partial charge >= 0.3 is 12.1 Å². The van der Waals surface area contributed by atoms with Crippen LogP contribution in [0.25, 0.3) is 0 Å². The van der Waals surface area contributed by atoms with Crippen LogP contribution in [0.4, 0.5) is 13.6 Å². The molecule has 0 aromatic heterocycles. The highest BCUT2D eigenvalue weighted by Crippen LogP contribution is 2.42. The van der Waals surface area contributed by atoms with E-state index in [1.165, 1.54) is 0 Å². The molecule has 140 valence electrons. The van der Waals surface area contributed by atoms with E-state index in [4.69, 9.17) is 21.1 Å². The third-order valence-electron chi connectivity index (χ3n) is 3.91. The minimum atomic E-state index is -2.77. The highest BCUT2D eigenvalue weighted by atomic mass is 35.5. The topological polar surface area (TPSA) is 55.8 Å². The Hall–Kier alpha value is -1.11. The minimum absolute atomic E-state index is 0.0119. The predicted octanol–water partition coefficient (Wildman–Crippen LogP) is 3.97. The minimum Gasteiger partial charge on any atom is -0.464 e. The zero-order valence-electron chi connectivity index (χ0n) is 14.6. The smallest absolute Gasteiger partial charge is 0.411 e. The number of carbonyl (C=O) groups excluding carboxylic acids is 2. The van der Waals surface area contributed by atoms with Gasteiger partial charge in [0.25, 0.3) is 6.43 Å². The number of esters is 1. The number of likely N-dealkylation sites (tertiary alicyclic amines) is 1. The van der Waals surface area contributed by atoms with Gasteiger partial charge in [-0.2, -0.15) is 0 Å². The lowest BCUT2D eigenvalue weighted by Gasteiger charge is -2.39. The van der Waals surface area contributed by atoms with Gasteiger partial charge in [-0.1, -0.05) is 0 Å². The molecular formula is C16H26ClF2NO4. The van der Waals surface area contributed by atoms with Gasteiger partial charge in [-0.15, -0.1) is 11.6 Å². The molecule has 8 heteroatoms. The Morgan fingerprint density at radius 2 is 2.00 bits per heavy atom. The van der Waals surface area contributed by atoms with Crippen LogP contribution in [0.5, 0.6) is 0 Å². The monoisotopic (exact) mass is 369 g/mol. The van der Waals surface area contributed by atoms with Gasteiger partial charge in [0.1, 0.15) is 11.1 Å². The molecule has 1 saturated heterocycles. The number of nitrogens with zero attached hydrogens (tertiary/aromatic N) is 1. The number of rotatable bonds is 6. The largest absolute Gasteiger partial charge is 0.464 e. The summed E-state index contributed by atoms with van der Waals surface area (Å²) in [4.78, 5) is 26.1. The van der Waals surface area contributed by atoms with Crippen LogP contribution < -0.4 is 0 Å². The lowest BCUT2D eigenvalue weighted by molar-refractivity contribution is -0.158. The van der Waals surface area contributed by atoms with Crippen LogP contribution in [0.2, 0.25) is 0 Å². The quantitative estimate of drug-likeness (QED) is 0.525. The van der Waals surface area contributed by atoms with Crippen LogP contribution in [0.15, 0.2) is 0 Å². The molecule has 2 unspecified atom stereocenters. The second-order valence-electron chi connectivity index (χ2n) is 6.84. The molecule has 0 radical (unpaired) electrons. The van der Waals surface area contributed by atoms with E-state index in [1.54, 1.807) is 27.7 Å². The number of halogens is 3. The van der Waals surface area contributed by atoms with Crippen LogP contribution in [0, 0.1) is 0 Å². The van der Waals surface area contributed by atoms with Gasteiger partial charge in [-0.25, -0.2) is 18.4 Å². The highest BCUT2D eigenvalue weighted by molar-refractivity contribution is 6.17. The number of carbonyl (C=O) groups is 2. The molecule has 1 heterocycles. The predicted molar refractivity (Wildman–Crippen MR) is 86.4 cm³/mol. The lowest BCUT2D eigenvalue weighted by atomic mass is 9.90. The van der Waals surface area contributed by atoms with E-state index in [2.05, 4.69) is 0 Å². The number of alkyl halides is 3. The first-order valence-electron chi connectivity index (χ1n) is 8.12. The van der Waals surface area contributed by atoms with E-state index < -0.39 is 35.7 Å². The van der Waals surface area contributed by atoms with Gasteiger partial charge in [0.2, 0.25) is 0 Å². The summed E-state index contributed by atoms with van der Waals surface area (Å²) in [5, 5.41) is 0. The van der Waals surface area contributed by atoms with Crippen molar-refractivity contribution >= 4 is 23.7 Å². The molecule has 1 aliphatic rings. The molecule has 0 saturated carbocycles. The second-order valence-corrected chi connectivity index (χ2v) is 7.21. The van der Waals surface area contributed by atoms with Crippen molar-refractivity contribution in [2.24, 2.45) is 0 Å². The van der Waals surface area contributed by atoms with E-state index >= 15 is 0 Å². The van der Waals surface area contributed by atoms with Gasteiger partial charge in [0.05, 0.1) is 12.6 Å². The van der Waals surface area contributed by atoms with Crippen molar-refractivity contribution in [2.45, 2.75) is 77.0 Å². The molecule has 0 aromatic rings. The third-order valence-corrected chi connectivity index (χ3v) is 4.17. The summed E-state index contributed by atoms with van der Waals surface area (Å²) >= 11 is 5.72.